The predicted octanol–water partition coefficient (Wildman–Crippen LogP) is 2.12. The smallest absolute Gasteiger partial charge is 0.109 e. The van der Waals surface area contributed by atoms with Crippen LogP contribution >= 0.6 is 27.5 Å². The van der Waals surface area contributed by atoms with Crippen molar-refractivity contribution >= 4 is 27.5 Å². The first kappa shape index (κ1) is 8.97. The molecule has 1 atom stereocenters. The molecular weight excluding hydrogens is 229 g/mol. The van der Waals surface area contributed by atoms with E-state index in [-0.39, 0.29) is 5.88 Å². The summed E-state index contributed by atoms with van der Waals surface area (Å²) in [6.45, 7) is 0. The molecule has 4 heteroatoms. The summed E-state index contributed by atoms with van der Waals surface area (Å²) in [5.74, 6) is 0.170. The van der Waals surface area contributed by atoms with E-state index in [1.807, 2.05) is 6.07 Å². The van der Waals surface area contributed by atoms with Crippen molar-refractivity contribution in [3.63, 3.8) is 0 Å². The van der Waals surface area contributed by atoms with Crippen LogP contribution in [0.3, 0.4) is 0 Å². The zero-order valence-corrected chi connectivity index (χ0v) is 8.01. The molecule has 0 saturated carbocycles. The van der Waals surface area contributed by atoms with Crippen LogP contribution in [-0.2, 0) is 0 Å². The molecule has 1 N–H and O–H groups in total. The minimum Gasteiger partial charge on any atom is -0.386 e. The molecule has 0 spiro atoms. The fourth-order valence-corrected chi connectivity index (χ4v) is 1.20. The first-order chi connectivity index (χ1) is 5.24. The normalized spacial score (nSPS) is 13.0. The van der Waals surface area contributed by atoms with Crippen LogP contribution in [-0.4, -0.2) is 16.0 Å². The van der Waals surface area contributed by atoms with Gasteiger partial charge < -0.3 is 5.11 Å². The van der Waals surface area contributed by atoms with Crippen molar-refractivity contribution in [1.29, 1.82) is 0 Å². The van der Waals surface area contributed by atoms with E-state index in [9.17, 15) is 5.11 Å². The lowest BCUT2D eigenvalue weighted by Crippen LogP contribution is -2.01. The Hall–Kier alpha value is -0.120. The van der Waals surface area contributed by atoms with Crippen molar-refractivity contribution in [2.45, 2.75) is 6.10 Å². The zero-order chi connectivity index (χ0) is 8.27. The fraction of sp³-hybridized carbons (Fsp3) is 0.286. The van der Waals surface area contributed by atoms with E-state index in [0.29, 0.717) is 10.3 Å². The second kappa shape index (κ2) is 4.04. The Kier molecular flexibility index (Phi) is 3.30. The van der Waals surface area contributed by atoms with Crippen LogP contribution in [0.5, 0.6) is 0 Å². The fourth-order valence-electron chi connectivity index (χ4n) is 0.689. The van der Waals surface area contributed by atoms with Gasteiger partial charge in [-0.15, -0.1) is 11.6 Å². The molecule has 0 aliphatic rings. The summed E-state index contributed by atoms with van der Waals surface area (Å²) < 4.78 is 0.708. The highest BCUT2D eigenvalue weighted by Crippen LogP contribution is 2.14. The molecule has 1 aromatic rings. The van der Waals surface area contributed by atoms with Gasteiger partial charge in [0.25, 0.3) is 0 Å². The summed E-state index contributed by atoms with van der Waals surface area (Å²) in [4.78, 5) is 4.03. The van der Waals surface area contributed by atoms with Gasteiger partial charge in [0.2, 0.25) is 0 Å². The topological polar surface area (TPSA) is 33.1 Å². The summed E-state index contributed by atoms with van der Waals surface area (Å²) in [6.07, 6.45) is -0.672. The number of pyridine rings is 1. The third kappa shape index (κ3) is 2.43. The maximum atomic E-state index is 9.24. The third-order valence-electron chi connectivity index (χ3n) is 1.22. The number of alkyl halides is 1. The van der Waals surface area contributed by atoms with Crippen LogP contribution in [0.4, 0.5) is 0 Å². The number of aromatic nitrogens is 1. The number of nitrogens with zero attached hydrogens (tertiary/aromatic N) is 1. The molecule has 1 aromatic heterocycles. The molecule has 0 fully saturated rings. The van der Waals surface area contributed by atoms with E-state index in [1.165, 1.54) is 0 Å². The van der Waals surface area contributed by atoms with Gasteiger partial charge in [-0.1, -0.05) is 6.07 Å². The van der Waals surface area contributed by atoms with Crippen molar-refractivity contribution in [1.82, 2.24) is 4.98 Å². The van der Waals surface area contributed by atoms with Crippen molar-refractivity contribution in [2.75, 3.05) is 5.88 Å². The molecule has 60 valence electrons. The molecule has 0 aliphatic heterocycles. The summed E-state index contributed by atoms with van der Waals surface area (Å²) in [5, 5.41) is 9.24. The van der Waals surface area contributed by atoms with Crippen LogP contribution in [0.15, 0.2) is 22.8 Å². The lowest BCUT2D eigenvalue weighted by molar-refractivity contribution is 0.197. The molecule has 1 rings (SSSR count). The number of aliphatic hydroxyl groups excluding tert-OH is 1. The highest BCUT2D eigenvalue weighted by molar-refractivity contribution is 9.10. The van der Waals surface area contributed by atoms with Gasteiger partial charge in [0.05, 0.1) is 11.6 Å². The van der Waals surface area contributed by atoms with Crippen LogP contribution in [0.2, 0.25) is 0 Å². The van der Waals surface area contributed by atoms with E-state index in [0.717, 1.165) is 0 Å². The van der Waals surface area contributed by atoms with Crippen LogP contribution in [0, 0.1) is 0 Å². The Labute approximate surface area is 78.3 Å². The van der Waals surface area contributed by atoms with Gasteiger partial charge in [0, 0.05) is 0 Å². The Morgan fingerprint density at radius 1 is 1.64 bits per heavy atom. The lowest BCUT2D eigenvalue weighted by atomic mass is 10.2. The van der Waals surface area contributed by atoms with Crippen LogP contribution < -0.4 is 0 Å². The predicted molar refractivity (Wildman–Crippen MR) is 47.6 cm³/mol. The first-order valence-corrected chi connectivity index (χ1v) is 4.43. The Morgan fingerprint density at radius 3 is 2.91 bits per heavy atom. The lowest BCUT2D eigenvalue weighted by Gasteiger charge is -2.04. The quantitative estimate of drug-likeness (QED) is 0.630. The number of aliphatic hydroxyl groups is 1. The summed E-state index contributed by atoms with van der Waals surface area (Å²) >= 11 is 8.63. The highest BCUT2D eigenvalue weighted by Gasteiger charge is 2.06. The number of halogens is 2. The van der Waals surface area contributed by atoms with Gasteiger partial charge in [-0.05, 0) is 28.1 Å². The van der Waals surface area contributed by atoms with Gasteiger partial charge >= 0.3 is 0 Å². The minimum absolute atomic E-state index is 0.170. The van der Waals surface area contributed by atoms with Gasteiger partial charge in [0.1, 0.15) is 10.7 Å². The monoisotopic (exact) mass is 235 g/mol. The number of rotatable bonds is 2. The number of hydrogen-bond acceptors (Lipinski definition) is 2. The van der Waals surface area contributed by atoms with Crippen molar-refractivity contribution < 1.29 is 5.11 Å². The van der Waals surface area contributed by atoms with Crippen molar-refractivity contribution in [2.24, 2.45) is 0 Å². The van der Waals surface area contributed by atoms with Crippen LogP contribution in [0.1, 0.15) is 11.8 Å². The van der Waals surface area contributed by atoms with E-state index >= 15 is 0 Å². The second-order valence-electron chi connectivity index (χ2n) is 2.06. The highest BCUT2D eigenvalue weighted by atomic mass is 79.9. The Balaban J connectivity index is 2.86. The summed E-state index contributed by atoms with van der Waals surface area (Å²) in [6, 6.07) is 5.34. The van der Waals surface area contributed by atoms with Crippen molar-refractivity contribution in [3.05, 3.63) is 28.5 Å². The van der Waals surface area contributed by atoms with Gasteiger partial charge in [0.15, 0.2) is 0 Å². The van der Waals surface area contributed by atoms with Gasteiger partial charge in [-0.3, -0.25) is 0 Å². The van der Waals surface area contributed by atoms with Gasteiger partial charge in [-0.2, -0.15) is 0 Å². The van der Waals surface area contributed by atoms with E-state index in [2.05, 4.69) is 20.9 Å². The maximum Gasteiger partial charge on any atom is 0.109 e. The van der Waals surface area contributed by atoms with E-state index < -0.39 is 6.10 Å². The average Bonchev–Trinajstić information content (AvgIpc) is 2.03. The first-order valence-electron chi connectivity index (χ1n) is 3.10. The molecule has 0 amide bonds. The standard InChI is InChI=1S/C7H7BrClNO/c8-7-3-1-2-5(10-7)6(11)4-9/h1-3,6,11H,4H2. The van der Waals surface area contributed by atoms with Gasteiger partial charge in [-0.25, -0.2) is 4.98 Å². The molecule has 1 unspecified atom stereocenters. The SMILES string of the molecule is OC(CCl)c1cccc(Br)n1. The van der Waals surface area contributed by atoms with Crippen molar-refractivity contribution in [3.8, 4) is 0 Å². The minimum atomic E-state index is -0.672. The molecular formula is C7H7BrClNO. The Morgan fingerprint density at radius 2 is 2.36 bits per heavy atom. The Bertz CT molecular complexity index is 244. The molecule has 1 heterocycles. The number of hydrogen-bond donors (Lipinski definition) is 1. The van der Waals surface area contributed by atoms with E-state index in [1.54, 1.807) is 12.1 Å². The third-order valence-corrected chi connectivity index (χ3v) is 1.96. The maximum absolute atomic E-state index is 9.24. The molecule has 0 aliphatic carbocycles. The second-order valence-corrected chi connectivity index (χ2v) is 3.18. The largest absolute Gasteiger partial charge is 0.386 e. The molecule has 11 heavy (non-hydrogen) atoms. The summed E-state index contributed by atoms with van der Waals surface area (Å²) in [7, 11) is 0. The molecule has 0 saturated heterocycles. The molecule has 0 aromatic carbocycles. The molecule has 0 bridgehead atoms. The average molecular weight is 236 g/mol. The van der Waals surface area contributed by atoms with E-state index in [4.69, 9.17) is 11.6 Å². The molecule has 0 radical (unpaired) electrons. The zero-order valence-electron chi connectivity index (χ0n) is 5.67. The molecule has 2 nitrogen and oxygen atoms in total. The summed E-state index contributed by atoms with van der Waals surface area (Å²) in [5.41, 5.74) is 0.592. The van der Waals surface area contributed by atoms with Crippen LogP contribution in [0.25, 0.3) is 0 Å².